The number of H-pyrrole nitrogens is 1. The lowest BCUT2D eigenvalue weighted by molar-refractivity contribution is 0.249. The average Bonchev–Trinajstić information content (AvgIpc) is 2.98. The number of rotatable bonds is 5. The molecule has 0 amide bonds. The Balaban J connectivity index is 1.61. The van der Waals surface area contributed by atoms with E-state index in [2.05, 4.69) is 44.5 Å². The third kappa shape index (κ3) is 3.30. The first-order valence-corrected chi connectivity index (χ1v) is 9.22. The molecule has 1 aliphatic rings. The van der Waals surface area contributed by atoms with Gasteiger partial charge in [-0.3, -0.25) is 14.7 Å². The van der Waals surface area contributed by atoms with Crippen LogP contribution in [0.5, 0.6) is 0 Å². The highest BCUT2D eigenvalue weighted by Crippen LogP contribution is 2.33. The number of aromatic amines is 1. The Labute approximate surface area is 149 Å². The van der Waals surface area contributed by atoms with E-state index >= 15 is 0 Å². The number of fused-ring (bicyclic) bond motifs is 3. The van der Waals surface area contributed by atoms with Crippen LogP contribution in [0.15, 0.2) is 35.1 Å². The summed E-state index contributed by atoms with van der Waals surface area (Å²) in [6.07, 6.45) is 0.871. The highest BCUT2D eigenvalue weighted by Gasteiger charge is 2.23. The van der Waals surface area contributed by atoms with Gasteiger partial charge in [-0.2, -0.15) is 0 Å². The molecule has 25 heavy (non-hydrogen) atoms. The van der Waals surface area contributed by atoms with Gasteiger partial charge < -0.3 is 10.4 Å². The number of hydrogen-bond donors (Lipinski definition) is 3. The first-order valence-electron chi connectivity index (χ1n) is 8.40. The maximum absolute atomic E-state index is 12.5. The van der Waals surface area contributed by atoms with Crippen LogP contribution >= 0.6 is 11.3 Å². The first kappa shape index (κ1) is 16.3. The van der Waals surface area contributed by atoms with E-state index in [1.165, 1.54) is 10.4 Å². The SMILES string of the molecule is O=c1[nH]c(NCCO)nc2sc3c(c12)CCN(Cc1ccccc1)C3. The van der Waals surface area contributed by atoms with Gasteiger partial charge in [0.1, 0.15) is 4.83 Å². The molecule has 3 heterocycles. The van der Waals surface area contributed by atoms with Gasteiger partial charge in [0.25, 0.3) is 5.56 Å². The van der Waals surface area contributed by atoms with Crippen LogP contribution < -0.4 is 10.9 Å². The Morgan fingerprint density at radius 1 is 1.32 bits per heavy atom. The van der Waals surface area contributed by atoms with Crippen LogP contribution in [0.25, 0.3) is 10.2 Å². The van der Waals surface area contributed by atoms with E-state index in [9.17, 15) is 4.79 Å². The van der Waals surface area contributed by atoms with Gasteiger partial charge in [-0.25, -0.2) is 4.98 Å². The van der Waals surface area contributed by atoms with Crippen LogP contribution in [0, 0.1) is 0 Å². The molecule has 2 aromatic heterocycles. The van der Waals surface area contributed by atoms with E-state index in [0.717, 1.165) is 41.8 Å². The lowest BCUT2D eigenvalue weighted by atomic mass is 10.0. The van der Waals surface area contributed by atoms with E-state index in [1.807, 2.05) is 6.07 Å². The summed E-state index contributed by atoms with van der Waals surface area (Å²) in [5.41, 5.74) is 2.35. The fraction of sp³-hybridized carbons (Fsp3) is 0.333. The summed E-state index contributed by atoms with van der Waals surface area (Å²) in [6, 6.07) is 10.4. The second kappa shape index (κ2) is 6.95. The number of hydrogen-bond acceptors (Lipinski definition) is 6. The average molecular weight is 356 g/mol. The Hall–Kier alpha value is -2.22. The van der Waals surface area contributed by atoms with Crippen molar-refractivity contribution < 1.29 is 5.11 Å². The molecule has 3 aromatic rings. The minimum absolute atomic E-state index is 0.00284. The van der Waals surface area contributed by atoms with Gasteiger partial charge in [0.05, 0.1) is 12.0 Å². The van der Waals surface area contributed by atoms with Crippen molar-refractivity contribution in [2.75, 3.05) is 25.0 Å². The predicted molar refractivity (Wildman–Crippen MR) is 100 cm³/mol. The molecule has 1 aromatic carbocycles. The van der Waals surface area contributed by atoms with Crippen LogP contribution in [0.4, 0.5) is 5.95 Å². The smallest absolute Gasteiger partial charge is 0.261 e. The van der Waals surface area contributed by atoms with Gasteiger partial charge in [-0.05, 0) is 17.5 Å². The molecule has 0 spiro atoms. The Morgan fingerprint density at radius 3 is 2.96 bits per heavy atom. The summed E-state index contributed by atoms with van der Waals surface area (Å²) in [6.45, 7) is 3.07. The number of nitrogens with one attached hydrogen (secondary N) is 2. The molecular formula is C18H20N4O2S. The molecule has 0 bridgehead atoms. The third-order valence-electron chi connectivity index (χ3n) is 4.44. The lowest BCUT2D eigenvalue weighted by Crippen LogP contribution is -2.29. The zero-order valence-corrected chi connectivity index (χ0v) is 14.6. The topological polar surface area (TPSA) is 81.2 Å². The summed E-state index contributed by atoms with van der Waals surface area (Å²) in [4.78, 5) is 24.2. The fourth-order valence-electron chi connectivity index (χ4n) is 3.29. The zero-order chi connectivity index (χ0) is 17.2. The van der Waals surface area contributed by atoms with Crippen molar-refractivity contribution in [3.63, 3.8) is 0 Å². The molecular weight excluding hydrogens is 336 g/mol. The van der Waals surface area contributed by atoms with Crippen molar-refractivity contribution in [2.24, 2.45) is 0 Å². The van der Waals surface area contributed by atoms with Gasteiger partial charge in [-0.15, -0.1) is 11.3 Å². The molecule has 0 atom stereocenters. The molecule has 1 aliphatic heterocycles. The normalized spacial score (nSPS) is 14.6. The fourth-order valence-corrected chi connectivity index (χ4v) is 4.55. The summed E-state index contributed by atoms with van der Waals surface area (Å²) < 4.78 is 0. The van der Waals surface area contributed by atoms with Crippen LogP contribution in [-0.4, -0.2) is 39.7 Å². The molecule has 4 rings (SSSR count). The lowest BCUT2D eigenvalue weighted by Gasteiger charge is -2.26. The van der Waals surface area contributed by atoms with Gasteiger partial charge >= 0.3 is 0 Å². The van der Waals surface area contributed by atoms with Crippen molar-refractivity contribution in [1.82, 2.24) is 14.9 Å². The van der Waals surface area contributed by atoms with Crippen LogP contribution in [0.3, 0.4) is 0 Å². The number of nitrogens with zero attached hydrogens (tertiary/aromatic N) is 2. The second-order valence-corrected chi connectivity index (χ2v) is 7.28. The van der Waals surface area contributed by atoms with Gasteiger partial charge in [0.15, 0.2) is 0 Å². The minimum Gasteiger partial charge on any atom is -0.395 e. The van der Waals surface area contributed by atoms with E-state index in [1.54, 1.807) is 11.3 Å². The summed E-state index contributed by atoms with van der Waals surface area (Å²) in [5, 5.41) is 12.6. The van der Waals surface area contributed by atoms with Crippen molar-refractivity contribution in [1.29, 1.82) is 0 Å². The highest BCUT2D eigenvalue weighted by atomic mass is 32.1. The molecule has 0 saturated carbocycles. The molecule has 0 aliphatic carbocycles. The predicted octanol–water partition coefficient (Wildman–Crippen LogP) is 1.95. The standard InChI is InChI=1S/C18H20N4O2S/c23-9-7-19-18-20-16(24)15-13-6-8-22(10-12-4-2-1-3-5-12)11-14(13)25-17(15)21-18/h1-5,23H,6-11H2,(H2,19,20,21,24). The zero-order valence-electron chi connectivity index (χ0n) is 13.8. The van der Waals surface area contributed by atoms with E-state index in [-0.39, 0.29) is 12.2 Å². The monoisotopic (exact) mass is 356 g/mol. The van der Waals surface area contributed by atoms with Crippen LogP contribution in [0.1, 0.15) is 16.0 Å². The molecule has 3 N–H and O–H groups in total. The van der Waals surface area contributed by atoms with Crippen molar-refractivity contribution in [2.45, 2.75) is 19.5 Å². The van der Waals surface area contributed by atoms with E-state index < -0.39 is 0 Å². The van der Waals surface area contributed by atoms with Crippen LogP contribution in [0.2, 0.25) is 0 Å². The van der Waals surface area contributed by atoms with E-state index in [4.69, 9.17) is 5.11 Å². The van der Waals surface area contributed by atoms with Crippen molar-refractivity contribution in [3.05, 3.63) is 56.7 Å². The Morgan fingerprint density at radius 2 is 2.16 bits per heavy atom. The van der Waals surface area contributed by atoms with Gasteiger partial charge in [0.2, 0.25) is 5.95 Å². The summed E-state index contributed by atoms with van der Waals surface area (Å²) in [7, 11) is 0. The van der Waals surface area contributed by atoms with Gasteiger partial charge in [-0.1, -0.05) is 30.3 Å². The van der Waals surface area contributed by atoms with Crippen LogP contribution in [-0.2, 0) is 19.5 Å². The molecule has 0 saturated heterocycles. The van der Waals surface area contributed by atoms with Crippen molar-refractivity contribution >= 4 is 27.5 Å². The summed E-state index contributed by atoms with van der Waals surface area (Å²) in [5.74, 6) is 0.422. The number of aliphatic hydroxyl groups excluding tert-OH is 1. The number of thiophene rings is 1. The number of aliphatic hydroxyl groups is 1. The molecule has 0 fully saturated rings. The van der Waals surface area contributed by atoms with Gasteiger partial charge in [0, 0.05) is 31.1 Å². The Kier molecular flexibility index (Phi) is 4.52. The van der Waals surface area contributed by atoms with E-state index in [0.29, 0.717) is 12.5 Å². The molecule has 130 valence electrons. The third-order valence-corrected chi connectivity index (χ3v) is 5.55. The maximum atomic E-state index is 12.5. The highest BCUT2D eigenvalue weighted by molar-refractivity contribution is 7.18. The first-order chi connectivity index (χ1) is 12.2. The number of anilines is 1. The molecule has 0 radical (unpaired) electrons. The number of aromatic nitrogens is 2. The largest absolute Gasteiger partial charge is 0.395 e. The Bertz CT molecular complexity index is 935. The molecule has 0 unspecified atom stereocenters. The molecule has 6 nitrogen and oxygen atoms in total. The molecule has 7 heteroatoms. The van der Waals surface area contributed by atoms with Crippen molar-refractivity contribution in [3.8, 4) is 0 Å². The quantitative estimate of drug-likeness (QED) is 0.651. The second-order valence-electron chi connectivity index (χ2n) is 6.20. The maximum Gasteiger partial charge on any atom is 0.261 e. The number of benzene rings is 1. The summed E-state index contributed by atoms with van der Waals surface area (Å²) >= 11 is 1.60. The minimum atomic E-state index is -0.0977.